The zero-order valence-corrected chi connectivity index (χ0v) is 6.27. The summed E-state index contributed by atoms with van der Waals surface area (Å²) in [6.07, 6.45) is 0. The summed E-state index contributed by atoms with van der Waals surface area (Å²) in [4.78, 5) is 9.60. The molecule has 3 nitrogen and oxygen atoms in total. The normalized spacial score (nSPS) is 16.3. The highest BCUT2D eigenvalue weighted by molar-refractivity contribution is 8.00. The van der Waals surface area contributed by atoms with E-state index in [4.69, 9.17) is 5.73 Å². The smallest absolute Gasteiger partial charge is 0.418 e. The second-order valence-corrected chi connectivity index (χ2v) is 3.29. The number of ether oxygens (including phenoxy) is 1. The molecular formula is C5H10NO2S. The topological polar surface area (TPSA) is 52.3 Å². The Kier molecular flexibility index (Phi) is 4.53. The molecule has 2 atom stereocenters. The lowest BCUT2D eigenvalue weighted by Crippen LogP contribution is -2.15. The van der Waals surface area contributed by atoms with E-state index in [2.05, 4.69) is 4.74 Å². The zero-order valence-electron chi connectivity index (χ0n) is 5.46. The van der Waals surface area contributed by atoms with Crippen LogP contribution in [-0.2, 0) is 9.53 Å². The maximum Gasteiger partial charge on any atom is 0.418 e. The Morgan fingerprint density at radius 1 is 1.67 bits per heavy atom. The van der Waals surface area contributed by atoms with Gasteiger partial charge in [-0.3, -0.25) is 0 Å². The van der Waals surface area contributed by atoms with Crippen LogP contribution in [0.5, 0.6) is 0 Å². The van der Waals surface area contributed by atoms with E-state index >= 15 is 0 Å². The number of thioether (sulfide) groups is 1. The average molecular weight is 148 g/mol. The van der Waals surface area contributed by atoms with Gasteiger partial charge in [-0.15, -0.1) is 0 Å². The van der Waals surface area contributed by atoms with E-state index in [0.717, 1.165) is 0 Å². The van der Waals surface area contributed by atoms with Gasteiger partial charge in [0.15, 0.2) is 0 Å². The summed E-state index contributed by atoms with van der Waals surface area (Å²) >= 11 is 1.37. The van der Waals surface area contributed by atoms with E-state index in [9.17, 15) is 4.79 Å². The lowest BCUT2D eigenvalue weighted by molar-refractivity contribution is 0.268. The average Bonchev–Trinajstić information content (AvgIpc) is 1.63. The summed E-state index contributed by atoms with van der Waals surface area (Å²) in [5.41, 5.74) is 5.18. The van der Waals surface area contributed by atoms with Crippen molar-refractivity contribution in [1.29, 1.82) is 0 Å². The quantitative estimate of drug-likeness (QED) is 0.588. The molecule has 2 N–H and O–H groups in total. The van der Waals surface area contributed by atoms with E-state index in [-0.39, 0.29) is 10.8 Å². The van der Waals surface area contributed by atoms with Gasteiger partial charge >= 0.3 is 6.47 Å². The van der Waals surface area contributed by atoms with Crippen LogP contribution < -0.4 is 5.73 Å². The summed E-state index contributed by atoms with van der Waals surface area (Å²) < 4.78 is 4.43. The lowest BCUT2D eigenvalue weighted by atomic mass is 10.8. The molecule has 1 radical (unpaired) electrons. The number of hydrogen-bond donors (Lipinski definition) is 1. The van der Waals surface area contributed by atoms with E-state index in [1.54, 1.807) is 6.92 Å². The Balaban J connectivity index is 3.25. The fourth-order valence-electron chi connectivity index (χ4n) is 0.398. The zero-order chi connectivity index (χ0) is 7.28. The van der Waals surface area contributed by atoms with Crippen LogP contribution in [0.1, 0.15) is 13.8 Å². The minimum Gasteiger partial charge on any atom is -0.443 e. The van der Waals surface area contributed by atoms with Crippen molar-refractivity contribution < 1.29 is 9.53 Å². The summed E-state index contributed by atoms with van der Waals surface area (Å²) in [6, 6.07) is 0. The Morgan fingerprint density at radius 2 is 2.22 bits per heavy atom. The molecule has 0 amide bonds. The molecule has 0 aromatic heterocycles. The van der Waals surface area contributed by atoms with Gasteiger partial charge < -0.3 is 10.5 Å². The number of hydrogen-bond acceptors (Lipinski definition) is 4. The fraction of sp³-hybridized carbons (Fsp3) is 0.800. The van der Waals surface area contributed by atoms with Gasteiger partial charge in [0.1, 0.15) is 5.44 Å². The van der Waals surface area contributed by atoms with Gasteiger partial charge in [0, 0.05) is 0 Å². The van der Waals surface area contributed by atoms with Crippen molar-refractivity contribution in [3.63, 3.8) is 0 Å². The van der Waals surface area contributed by atoms with E-state index in [1.165, 1.54) is 18.2 Å². The van der Waals surface area contributed by atoms with E-state index in [0.29, 0.717) is 0 Å². The van der Waals surface area contributed by atoms with Crippen molar-refractivity contribution in [2.75, 3.05) is 0 Å². The van der Waals surface area contributed by atoms with Gasteiger partial charge in [0.2, 0.25) is 0 Å². The largest absolute Gasteiger partial charge is 0.443 e. The maximum atomic E-state index is 9.60. The highest BCUT2D eigenvalue weighted by Gasteiger charge is 2.04. The highest BCUT2D eigenvalue weighted by atomic mass is 32.2. The molecule has 9 heavy (non-hydrogen) atoms. The molecule has 2 unspecified atom stereocenters. The van der Waals surface area contributed by atoms with Crippen LogP contribution in [0.4, 0.5) is 0 Å². The molecule has 0 aliphatic heterocycles. The monoisotopic (exact) mass is 148 g/mol. The second-order valence-electron chi connectivity index (χ2n) is 1.61. The predicted octanol–water partition coefficient (Wildman–Crippen LogP) is 0.454. The first-order valence-electron chi connectivity index (χ1n) is 2.60. The van der Waals surface area contributed by atoms with Crippen molar-refractivity contribution in [1.82, 2.24) is 0 Å². The molecule has 0 spiro atoms. The minimum absolute atomic E-state index is 0.00616. The standard InChI is InChI=1S/C5H10NO2S/c1-4(6)9-5(2)8-3-7/h4-5H,6H2,1-2H3. The van der Waals surface area contributed by atoms with Gasteiger partial charge in [0.25, 0.3) is 0 Å². The summed E-state index contributed by atoms with van der Waals surface area (Å²) in [6.45, 7) is 4.92. The Morgan fingerprint density at radius 3 is 2.56 bits per heavy atom. The van der Waals surface area contributed by atoms with Crippen LogP contribution in [0.15, 0.2) is 0 Å². The van der Waals surface area contributed by atoms with Crippen molar-refractivity contribution >= 4 is 18.2 Å². The molecule has 0 fully saturated rings. The van der Waals surface area contributed by atoms with Crippen molar-refractivity contribution in [3.05, 3.63) is 0 Å². The molecule has 0 saturated carbocycles. The molecular weight excluding hydrogens is 138 g/mol. The molecule has 53 valence electrons. The summed E-state index contributed by atoms with van der Waals surface area (Å²) in [5.74, 6) is 0. The molecule has 4 heteroatoms. The first-order chi connectivity index (χ1) is 4.16. The highest BCUT2D eigenvalue weighted by Crippen LogP contribution is 2.12. The van der Waals surface area contributed by atoms with E-state index in [1.807, 2.05) is 6.92 Å². The molecule has 0 aliphatic rings. The van der Waals surface area contributed by atoms with Crippen molar-refractivity contribution in [2.24, 2.45) is 5.73 Å². The maximum absolute atomic E-state index is 9.60. The van der Waals surface area contributed by atoms with Gasteiger partial charge in [0.05, 0.1) is 5.37 Å². The van der Waals surface area contributed by atoms with Crippen molar-refractivity contribution in [2.45, 2.75) is 24.7 Å². The van der Waals surface area contributed by atoms with Crippen LogP contribution in [0, 0.1) is 0 Å². The molecule has 0 aromatic carbocycles. The van der Waals surface area contributed by atoms with Crippen LogP contribution in [0.3, 0.4) is 0 Å². The molecule has 0 saturated heterocycles. The Bertz CT molecular complexity index is 87.0. The van der Waals surface area contributed by atoms with Crippen LogP contribution in [0.2, 0.25) is 0 Å². The summed E-state index contributed by atoms with van der Waals surface area (Å²) in [7, 11) is 0. The molecule has 0 rings (SSSR count). The van der Waals surface area contributed by atoms with Crippen LogP contribution in [0.25, 0.3) is 0 Å². The third kappa shape index (κ3) is 5.65. The Hall–Kier alpha value is -0.220. The van der Waals surface area contributed by atoms with Crippen molar-refractivity contribution in [3.8, 4) is 0 Å². The fourth-order valence-corrected chi connectivity index (χ4v) is 1.10. The second kappa shape index (κ2) is 4.64. The van der Waals surface area contributed by atoms with Gasteiger partial charge in [-0.1, -0.05) is 11.8 Å². The molecule has 0 aromatic rings. The summed E-state index contributed by atoms with van der Waals surface area (Å²) in [5, 5.41) is -0.00616. The van der Waals surface area contributed by atoms with E-state index < -0.39 is 0 Å². The van der Waals surface area contributed by atoms with Gasteiger partial charge in [-0.2, -0.15) is 0 Å². The van der Waals surface area contributed by atoms with Gasteiger partial charge in [-0.25, -0.2) is 4.79 Å². The minimum atomic E-state index is -0.192. The Labute approximate surface area is 58.9 Å². The number of rotatable bonds is 4. The lowest BCUT2D eigenvalue weighted by Gasteiger charge is -2.09. The molecule has 0 aliphatic carbocycles. The number of carbonyl (C=O) groups excluding carboxylic acids is 1. The van der Waals surface area contributed by atoms with Crippen LogP contribution >= 0.6 is 11.8 Å². The number of nitrogens with two attached hydrogens (primary N) is 1. The van der Waals surface area contributed by atoms with Gasteiger partial charge in [-0.05, 0) is 13.8 Å². The third-order valence-corrected chi connectivity index (χ3v) is 1.53. The SMILES string of the molecule is CC(N)SC(C)O[C]=O. The van der Waals surface area contributed by atoms with Crippen LogP contribution in [-0.4, -0.2) is 17.3 Å². The molecule has 0 bridgehead atoms. The molecule has 0 heterocycles. The third-order valence-electron chi connectivity index (χ3n) is 0.620. The predicted molar refractivity (Wildman–Crippen MR) is 37.5 cm³/mol. The first-order valence-corrected chi connectivity index (χ1v) is 3.55. The first kappa shape index (κ1) is 8.78.